The molecule has 170 valence electrons. The van der Waals surface area contributed by atoms with Crippen LogP contribution in [0.25, 0.3) is 16.7 Å². The van der Waals surface area contributed by atoms with Crippen LogP contribution in [-0.2, 0) is 17.8 Å². The minimum Gasteiger partial charge on any atom is -0.486 e. The second kappa shape index (κ2) is 9.46. The number of fused-ring (bicyclic) bond motifs is 1. The summed E-state index contributed by atoms with van der Waals surface area (Å²) >= 11 is 7.31. The highest BCUT2D eigenvalue weighted by Crippen LogP contribution is 2.23. The lowest BCUT2D eigenvalue weighted by molar-refractivity contribution is -0.115. The number of rotatable bonds is 7. The van der Waals surface area contributed by atoms with E-state index in [0.29, 0.717) is 45.5 Å². The smallest absolute Gasteiger partial charge is 0.261 e. The number of aromatic amines is 1. The third-order valence-electron chi connectivity index (χ3n) is 4.89. The highest BCUT2D eigenvalue weighted by molar-refractivity contribution is 7.09. The molecular weight excluding hydrogens is 476 g/mol. The number of nitrogens with one attached hydrogen (secondary N) is 2. The second-order valence-electron chi connectivity index (χ2n) is 7.24. The molecule has 0 saturated carbocycles. The van der Waals surface area contributed by atoms with Gasteiger partial charge in [0.2, 0.25) is 5.91 Å². The number of ether oxygens (including phenoxy) is 1. The van der Waals surface area contributed by atoms with E-state index in [1.165, 1.54) is 28.5 Å². The summed E-state index contributed by atoms with van der Waals surface area (Å²) in [7, 11) is 0. The van der Waals surface area contributed by atoms with Crippen molar-refractivity contribution in [2.45, 2.75) is 13.0 Å². The first kappa shape index (κ1) is 21.8. The Morgan fingerprint density at radius 2 is 2.00 bits per heavy atom. The SMILES string of the molecule is O=C(Cc1csc(COc2ccc(Cl)cc2)n1)Nc1ccccc1-n1ncc2c(=O)[nH]cnc21. The molecule has 0 radical (unpaired) electrons. The number of aromatic nitrogens is 5. The van der Waals surface area contributed by atoms with E-state index in [1.54, 1.807) is 42.5 Å². The quantitative estimate of drug-likeness (QED) is 0.355. The predicted molar refractivity (Wildman–Crippen MR) is 130 cm³/mol. The van der Waals surface area contributed by atoms with Crippen molar-refractivity contribution in [2.24, 2.45) is 0 Å². The summed E-state index contributed by atoms with van der Waals surface area (Å²) in [6, 6.07) is 14.3. The summed E-state index contributed by atoms with van der Waals surface area (Å²) in [6.45, 7) is 0.301. The van der Waals surface area contributed by atoms with Crippen molar-refractivity contribution in [3.63, 3.8) is 0 Å². The lowest BCUT2D eigenvalue weighted by atomic mass is 10.2. The molecule has 3 aromatic heterocycles. The van der Waals surface area contributed by atoms with Crippen molar-refractivity contribution in [3.8, 4) is 11.4 Å². The summed E-state index contributed by atoms with van der Waals surface area (Å²) in [5.41, 5.74) is 1.90. The van der Waals surface area contributed by atoms with E-state index in [2.05, 4.69) is 25.4 Å². The highest BCUT2D eigenvalue weighted by atomic mass is 35.5. The molecule has 9 nitrogen and oxygen atoms in total. The molecule has 5 rings (SSSR count). The van der Waals surface area contributed by atoms with Gasteiger partial charge in [0.05, 0.1) is 36.0 Å². The van der Waals surface area contributed by atoms with Crippen molar-refractivity contribution < 1.29 is 9.53 Å². The van der Waals surface area contributed by atoms with Gasteiger partial charge in [-0.25, -0.2) is 14.6 Å². The first-order valence-electron chi connectivity index (χ1n) is 10.2. The number of hydrogen-bond donors (Lipinski definition) is 2. The molecule has 34 heavy (non-hydrogen) atoms. The van der Waals surface area contributed by atoms with E-state index < -0.39 is 0 Å². The Morgan fingerprint density at radius 1 is 1.18 bits per heavy atom. The van der Waals surface area contributed by atoms with Crippen molar-refractivity contribution >= 4 is 45.6 Å². The summed E-state index contributed by atoms with van der Waals surface area (Å²) in [5, 5.41) is 10.8. The molecule has 0 fully saturated rings. The Hall–Kier alpha value is -4.02. The highest BCUT2D eigenvalue weighted by Gasteiger charge is 2.15. The van der Waals surface area contributed by atoms with Crippen molar-refractivity contribution in [1.29, 1.82) is 0 Å². The Balaban J connectivity index is 1.27. The fourth-order valence-corrected chi connectivity index (χ4v) is 4.16. The Labute approximate surface area is 202 Å². The zero-order valence-electron chi connectivity index (χ0n) is 17.6. The van der Waals surface area contributed by atoms with Gasteiger partial charge in [-0.1, -0.05) is 23.7 Å². The normalized spacial score (nSPS) is 11.0. The Bertz CT molecular complexity index is 1530. The summed E-state index contributed by atoms with van der Waals surface area (Å²) in [5.74, 6) is 0.461. The minimum atomic E-state index is -0.280. The van der Waals surface area contributed by atoms with Crippen LogP contribution < -0.4 is 15.6 Å². The molecule has 0 atom stereocenters. The molecule has 0 aliphatic carbocycles. The number of para-hydroxylation sites is 2. The van der Waals surface area contributed by atoms with Gasteiger partial charge >= 0.3 is 0 Å². The molecule has 0 aliphatic heterocycles. The molecule has 2 aromatic carbocycles. The number of hydrogen-bond acceptors (Lipinski definition) is 7. The van der Waals surface area contributed by atoms with Crippen LogP contribution in [-0.4, -0.2) is 30.6 Å². The number of thiazole rings is 1. The van der Waals surface area contributed by atoms with E-state index in [9.17, 15) is 9.59 Å². The van der Waals surface area contributed by atoms with E-state index in [-0.39, 0.29) is 17.9 Å². The fourth-order valence-electron chi connectivity index (χ4n) is 3.33. The number of anilines is 1. The van der Waals surface area contributed by atoms with Crippen molar-refractivity contribution in [2.75, 3.05) is 5.32 Å². The molecule has 2 N–H and O–H groups in total. The van der Waals surface area contributed by atoms with Gasteiger partial charge in [0.15, 0.2) is 5.65 Å². The molecular formula is C23H17ClN6O3S. The van der Waals surface area contributed by atoms with Gasteiger partial charge in [-0.05, 0) is 36.4 Å². The number of carbonyl (C=O) groups is 1. The Kier molecular flexibility index (Phi) is 6.07. The van der Waals surface area contributed by atoms with Crippen LogP contribution in [0.5, 0.6) is 5.75 Å². The molecule has 3 heterocycles. The van der Waals surface area contributed by atoms with Crippen LogP contribution in [0.1, 0.15) is 10.7 Å². The fraction of sp³-hybridized carbons (Fsp3) is 0.0870. The van der Waals surface area contributed by atoms with E-state index in [1.807, 2.05) is 11.4 Å². The Morgan fingerprint density at radius 3 is 2.85 bits per heavy atom. The standard InChI is InChI=1S/C23H17ClN6O3S/c24-14-5-7-16(8-6-14)33-11-21-28-15(12-34-21)9-20(31)29-18-3-1-2-4-19(18)30-22-17(10-27-30)23(32)26-13-25-22/h1-8,10,12-13H,9,11H2,(H,29,31)(H,25,26,32). The van der Waals surface area contributed by atoms with Gasteiger partial charge in [0.1, 0.15) is 22.8 Å². The number of nitrogens with zero attached hydrogens (tertiary/aromatic N) is 4. The maximum Gasteiger partial charge on any atom is 0.261 e. The van der Waals surface area contributed by atoms with Gasteiger partial charge in [0, 0.05) is 10.4 Å². The summed E-state index contributed by atoms with van der Waals surface area (Å²) in [6.07, 6.45) is 2.87. The molecule has 1 amide bonds. The van der Waals surface area contributed by atoms with Gasteiger partial charge in [0.25, 0.3) is 5.56 Å². The van der Waals surface area contributed by atoms with Gasteiger partial charge in [-0.3, -0.25) is 9.59 Å². The zero-order valence-corrected chi connectivity index (χ0v) is 19.1. The summed E-state index contributed by atoms with van der Waals surface area (Å²) in [4.78, 5) is 36.0. The van der Waals surface area contributed by atoms with Crippen molar-refractivity contribution in [1.82, 2.24) is 24.7 Å². The number of benzene rings is 2. The first-order valence-corrected chi connectivity index (χ1v) is 11.4. The molecule has 0 spiro atoms. The van der Waals surface area contributed by atoms with Crippen LogP contribution in [0.2, 0.25) is 5.02 Å². The van der Waals surface area contributed by atoms with Crippen LogP contribution in [0.4, 0.5) is 5.69 Å². The molecule has 0 unspecified atom stereocenters. The third kappa shape index (κ3) is 4.68. The largest absolute Gasteiger partial charge is 0.486 e. The zero-order chi connectivity index (χ0) is 23.5. The van der Waals surface area contributed by atoms with E-state index in [4.69, 9.17) is 16.3 Å². The molecule has 11 heteroatoms. The predicted octanol–water partition coefficient (Wildman–Crippen LogP) is 3.98. The average Bonchev–Trinajstić information content (AvgIpc) is 3.47. The molecule has 5 aromatic rings. The average molecular weight is 493 g/mol. The summed E-state index contributed by atoms with van der Waals surface area (Å²) < 4.78 is 7.23. The minimum absolute atomic E-state index is 0.101. The van der Waals surface area contributed by atoms with Crippen molar-refractivity contribution in [3.05, 3.63) is 92.5 Å². The number of carbonyl (C=O) groups excluding carboxylic acids is 1. The van der Waals surface area contributed by atoms with Crippen LogP contribution in [0.15, 0.2) is 71.2 Å². The third-order valence-corrected chi connectivity index (χ3v) is 6.02. The van der Waals surface area contributed by atoms with Gasteiger partial charge in [-0.2, -0.15) is 5.10 Å². The van der Waals surface area contributed by atoms with E-state index in [0.717, 1.165) is 5.01 Å². The van der Waals surface area contributed by atoms with Gasteiger partial charge < -0.3 is 15.0 Å². The van der Waals surface area contributed by atoms with Gasteiger partial charge in [-0.15, -0.1) is 11.3 Å². The van der Waals surface area contributed by atoms with Crippen LogP contribution in [0.3, 0.4) is 0 Å². The van der Waals surface area contributed by atoms with E-state index >= 15 is 0 Å². The number of H-pyrrole nitrogens is 1. The topological polar surface area (TPSA) is 115 Å². The number of halogens is 1. The lowest BCUT2D eigenvalue weighted by Gasteiger charge is -2.11. The maximum absolute atomic E-state index is 12.8. The second-order valence-corrected chi connectivity index (χ2v) is 8.62. The lowest BCUT2D eigenvalue weighted by Crippen LogP contribution is -2.16. The van der Waals surface area contributed by atoms with Crippen LogP contribution in [0, 0.1) is 0 Å². The monoisotopic (exact) mass is 492 g/mol. The maximum atomic E-state index is 12.8. The number of amides is 1. The molecule has 0 bridgehead atoms. The molecule has 0 aliphatic rings. The molecule has 0 saturated heterocycles. The first-order chi connectivity index (χ1) is 16.6. The van der Waals surface area contributed by atoms with Crippen LogP contribution >= 0.6 is 22.9 Å².